The van der Waals surface area contributed by atoms with Gasteiger partial charge in [-0.1, -0.05) is 6.07 Å². The first-order valence-electron chi connectivity index (χ1n) is 9.07. The van der Waals surface area contributed by atoms with Crippen LogP contribution in [0.3, 0.4) is 0 Å². The summed E-state index contributed by atoms with van der Waals surface area (Å²) < 4.78 is 29.4. The molecule has 3 rings (SSSR count). The number of benzene rings is 2. The third-order valence-electron chi connectivity index (χ3n) is 4.18. The monoisotopic (exact) mass is 401 g/mol. The fourth-order valence-electron chi connectivity index (χ4n) is 2.70. The Morgan fingerprint density at radius 1 is 1.03 bits per heavy atom. The third-order valence-corrected chi connectivity index (χ3v) is 4.18. The Hall–Kier alpha value is -3.42. The number of esters is 1. The van der Waals surface area contributed by atoms with Crippen LogP contribution in [-0.4, -0.2) is 37.5 Å². The first-order chi connectivity index (χ1) is 13.9. The smallest absolute Gasteiger partial charge is 0.306 e. The maximum absolute atomic E-state index is 13.7. The van der Waals surface area contributed by atoms with Crippen LogP contribution in [0.1, 0.15) is 28.8 Å². The molecule has 0 saturated carbocycles. The van der Waals surface area contributed by atoms with Gasteiger partial charge in [-0.2, -0.15) is 0 Å². The Balaban J connectivity index is 1.43. The fourth-order valence-corrected chi connectivity index (χ4v) is 2.70. The standard InChI is InChI=1S/C21H20FNO6/c1-13-2-4-16(15(22)10-13)23-20(25)12-29-21(26)7-5-17(24)14-3-6-18-19(11-14)28-9-8-27-18/h2-4,6,10-11H,5,7-9,12H2,1H3,(H,23,25). The van der Waals surface area contributed by atoms with Crippen LogP contribution >= 0.6 is 0 Å². The highest BCUT2D eigenvalue weighted by Gasteiger charge is 2.17. The van der Waals surface area contributed by atoms with E-state index in [1.54, 1.807) is 31.2 Å². The van der Waals surface area contributed by atoms with Crippen molar-refractivity contribution < 1.29 is 33.0 Å². The van der Waals surface area contributed by atoms with E-state index in [9.17, 15) is 18.8 Å². The molecule has 7 nitrogen and oxygen atoms in total. The van der Waals surface area contributed by atoms with Gasteiger partial charge in [0.1, 0.15) is 19.0 Å². The minimum absolute atomic E-state index is 0.00503. The highest BCUT2D eigenvalue weighted by Crippen LogP contribution is 2.31. The molecule has 2 aromatic rings. The zero-order valence-corrected chi connectivity index (χ0v) is 15.8. The van der Waals surface area contributed by atoms with Gasteiger partial charge in [0.2, 0.25) is 0 Å². The van der Waals surface area contributed by atoms with Crippen LogP contribution in [-0.2, 0) is 14.3 Å². The van der Waals surface area contributed by atoms with Gasteiger partial charge < -0.3 is 19.5 Å². The van der Waals surface area contributed by atoms with E-state index in [0.717, 1.165) is 5.56 Å². The van der Waals surface area contributed by atoms with Gasteiger partial charge in [0.25, 0.3) is 5.91 Å². The first-order valence-corrected chi connectivity index (χ1v) is 9.07. The summed E-state index contributed by atoms with van der Waals surface area (Å²) in [5.74, 6) is -1.14. The van der Waals surface area contributed by atoms with Crippen LogP contribution in [0.25, 0.3) is 0 Å². The SMILES string of the molecule is Cc1ccc(NC(=O)COC(=O)CCC(=O)c2ccc3c(c2)OCCO3)c(F)c1. The molecular formula is C21H20FNO6. The summed E-state index contributed by atoms with van der Waals surface area (Å²) in [6.45, 7) is 2.02. The van der Waals surface area contributed by atoms with Crippen LogP contribution in [0, 0.1) is 12.7 Å². The van der Waals surface area contributed by atoms with Crippen molar-refractivity contribution in [2.75, 3.05) is 25.1 Å². The van der Waals surface area contributed by atoms with Gasteiger partial charge in [0.15, 0.2) is 23.9 Å². The van der Waals surface area contributed by atoms with E-state index in [2.05, 4.69) is 5.32 Å². The van der Waals surface area contributed by atoms with Gasteiger partial charge in [-0.25, -0.2) is 4.39 Å². The van der Waals surface area contributed by atoms with E-state index in [4.69, 9.17) is 14.2 Å². The molecule has 2 aromatic carbocycles. The lowest BCUT2D eigenvalue weighted by Crippen LogP contribution is -2.21. The number of halogens is 1. The molecule has 0 spiro atoms. The van der Waals surface area contributed by atoms with E-state index in [1.165, 1.54) is 12.1 Å². The van der Waals surface area contributed by atoms with Crippen LogP contribution in [0.5, 0.6) is 11.5 Å². The molecule has 1 N–H and O–H groups in total. The van der Waals surface area contributed by atoms with Crippen molar-refractivity contribution in [1.82, 2.24) is 0 Å². The second-order valence-corrected chi connectivity index (χ2v) is 6.47. The van der Waals surface area contributed by atoms with E-state index in [0.29, 0.717) is 30.3 Å². The van der Waals surface area contributed by atoms with Crippen molar-refractivity contribution in [3.05, 3.63) is 53.3 Å². The molecule has 0 radical (unpaired) electrons. The quantitative estimate of drug-likeness (QED) is 0.566. The van der Waals surface area contributed by atoms with Gasteiger partial charge >= 0.3 is 5.97 Å². The second-order valence-electron chi connectivity index (χ2n) is 6.47. The summed E-state index contributed by atoms with van der Waals surface area (Å²) in [5, 5.41) is 2.33. The predicted octanol–water partition coefficient (Wildman–Crippen LogP) is 3.05. The Morgan fingerprint density at radius 3 is 2.55 bits per heavy atom. The van der Waals surface area contributed by atoms with Gasteiger partial charge in [0, 0.05) is 12.0 Å². The fraction of sp³-hybridized carbons (Fsp3) is 0.286. The Morgan fingerprint density at radius 2 is 1.79 bits per heavy atom. The van der Waals surface area contributed by atoms with Gasteiger partial charge in [-0.3, -0.25) is 14.4 Å². The number of hydrogen-bond acceptors (Lipinski definition) is 6. The summed E-state index contributed by atoms with van der Waals surface area (Å²) in [6, 6.07) is 9.18. The number of ether oxygens (including phenoxy) is 3. The molecule has 0 atom stereocenters. The number of carbonyl (C=O) groups excluding carboxylic acids is 3. The number of rotatable bonds is 7. The number of carbonyl (C=O) groups is 3. The molecule has 152 valence electrons. The Bertz CT molecular complexity index is 943. The Labute approximate surface area is 166 Å². The molecule has 0 unspecified atom stereocenters. The number of Topliss-reactive ketones (excluding diaryl/α,β-unsaturated/α-hetero) is 1. The largest absolute Gasteiger partial charge is 0.486 e. The number of nitrogens with one attached hydrogen (secondary N) is 1. The zero-order valence-electron chi connectivity index (χ0n) is 15.8. The maximum atomic E-state index is 13.7. The van der Waals surface area contributed by atoms with Gasteiger partial charge in [-0.15, -0.1) is 0 Å². The maximum Gasteiger partial charge on any atom is 0.306 e. The van der Waals surface area contributed by atoms with Crippen molar-refractivity contribution >= 4 is 23.3 Å². The summed E-state index contributed by atoms with van der Waals surface area (Å²) in [6.07, 6.45) is -0.258. The number of ketones is 1. The molecule has 0 bridgehead atoms. The topological polar surface area (TPSA) is 90.9 Å². The molecule has 0 aromatic heterocycles. The summed E-state index contributed by atoms with van der Waals surface area (Å²) in [5.41, 5.74) is 1.12. The average molecular weight is 401 g/mol. The minimum Gasteiger partial charge on any atom is -0.486 e. The average Bonchev–Trinajstić information content (AvgIpc) is 2.72. The third kappa shape index (κ3) is 5.54. The van der Waals surface area contributed by atoms with E-state index >= 15 is 0 Å². The number of hydrogen-bond donors (Lipinski definition) is 1. The molecule has 0 aliphatic carbocycles. The number of aryl methyl sites for hydroxylation is 1. The summed E-state index contributed by atoms with van der Waals surface area (Å²) in [7, 11) is 0. The summed E-state index contributed by atoms with van der Waals surface area (Å²) in [4.78, 5) is 35.9. The number of fused-ring (bicyclic) bond motifs is 1. The van der Waals surface area contributed by atoms with E-state index in [-0.39, 0.29) is 24.3 Å². The van der Waals surface area contributed by atoms with Crippen molar-refractivity contribution in [1.29, 1.82) is 0 Å². The van der Waals surface area contributed by atoms with Crippen LogP contribution in [0.4, 0.5) is 10.1 Å². The second kappa shape index (κ2) is 9.18. The normalized spacial score (nSPS) is 12.2. The molecule has 8 heteroatoms. The van der Waals surface area contributed by atoms with Crippen LogP contribution < -0.4 is 14.8 Å². The molecule has 0 fully saturated rings. The summed E-state index contributed by atoms with van der Waals surface area (Å²) >= 11 is 0. The Kier molecular flexibility index (Phi) is 6.43. The number of amides is 1. The van der Waals surface area contributed by atoms with Crippen molar-refractivity contribution in [3.8, 4) is 11.5 Å². The minimum atomic E-state index is -0.699. The highest BCUT2D eigenvalue weighted by atomic mass is 19.1. The van der Waals surface area contributed by atoms with Crippen LogP contribution in [0.15, 0.2) is 36.4 Å². The lowest BCUT2D eigenvalue weighted by atomic mass is 10.1. The number of anilines is 1. The molecule has 1 heterocycles. The molecule has 1 aliphatic rings. The van der Waals surface area contributed by atoms with Crippen molar-refractivity contribution in [2.24, 2.45) is 0 Å². The molecule has 1 amide bonds. The highest BCUT2D eigenvalue weighted by molar-refractivity contribution is 5.98. The van der Waals surface area contributed by atoms with Crippen LogP contribution in [0.2, 0.25) is 0 Å². The van der Waals surface area contributed by atoms with Gasteiger partial charge in [-0.05, 0) is 42.8 Å². The first kappa shape index (κ1) is 20.3. The lowest BCUT2D eigenvalue weighted by molar-refractivity contribution is -0.147. The van der Waals surface area contributed by atoms with Crippen molar-refractivity contribution in [2.45, 2.75) is 19.8 Å². The van der Waals surface area contributed by atoms with Gasteiger partial charge in [0.05, 0.1) is 12.1 Å². The predicted molar refractivity (Wildman–Crippen MR) is 102 cm³/mol. The lowest BCUT2D eigenvalue weighted by Gasteiger charge is -2.18. The molecule has 0 saturated heterocycles. The van der Waals surface area contributed by atoms with Crippen molar-refractivity contribution in [3.63, 3.8) is 0 Å². The van der Waals surface area contributed by atoms with E-state index < -0.39 is 24.3 Å². The zero-order chi connectivity index (χ0) is 20.8. The molecule has 1 aliphatic heterocycles. The molecular weight excluding hydrogens is 381 g/mol. The van der Waals surface area contributed by atoms with E-state index in [1.807, 2.05) is 0 Å². The molecule has 29 heavy (non-hydrogen) atoms.